The summed E-state index contributed by atoms with van der Waals surface area (Å²) in [5.41, 5.74) is 2.03. The summed E-state index contributed by atoms with van der Waals surface area (Å²) in [6.07, 6.45) is 9.24. The molecular weight excluding hydrogens is 320 g/mol. The third kappa shape index (κ3) is 2.87. The zero-order valence-electron chi connectivity index (χ0n) is 13.2. The summed E-state index contributed by atoms with van der Waals surface area (Å²) in [5.74, 6) is 0.767. The summed E-state index contributed by atoms with van der Waals surface area (Å²) >= 11 is 1.66. The van der Waals surface area contributed by atoms with Crippen LogP contribution in [0.4, 0.5) is 0 Å². The lowest BCUT2D eigenvalue weighted by atomic mass is 10.1. The molecule has 0 fully saturated rings. The van der Waals surface area contributed by atoms with Gasteiger partial charge in [-0.05, 0) is 55.0 Å². The first-order chi connectivity index (χ1) is 11.7. The van der Waals surface area contributed by atoms with Crippen LogP contribution in [0, 0.1) is 0 Å². The van der Waals surface area contributed by atoms with Crippen molar-refractivity contribution in [2.75, 3.05) is 0 Å². The minimum atomic E-state index is -0.0463. The Morgan fingerprint density at radius 3 is 2.92 bits per heavy atom. The van der Waals surface area contributed by atoms with Gasteiger partial charge in [0.25, 0.3) is 5.56 Å². The van der Waals surface area contributed by atoms with E-state index in [4.69, 9.17) is 0 Å². The molecule has 4 rings (SSSR count). The summed E-state index contributed by atoms with van der Waals surface area (Å²) in [6.45, 7) is 0. The fourth-order valence-electron chi connectivity index (χ4n) is 3.24. The molecule has 2 N–H and O–H groups in total. The maximum atomic E-state index is 12.5. The smallest absolute Gasteiger partial charge is 0.260 e. The van der Waals surface area contributed by atoms with Crippen LogP contribution in [0.15, 0.2) is 29.1 Å². The monoisotopic (exact) mass is 338 g/mol. The Bertz CT molecular complexity index is 985. The van der Waals surface area contributed by atoms with E-state index in [0.717, 1.165) is 35.0 Å². The first kappa shape index (κ1) is 15.1. The second kappa shape index (κ2) is 6.24. The number of phenols is 1. The molecule has 0 bridgehead atoms. The molecule has 122 valence electrons. The van der Waals surface area contributed by atoms with Crippen LogP contribution >= 0.6 is 11.3 Å². The maximum Gasteiger partial charge on any atom is 0.260 e. The van der Waals surface area contributed by atoms with Gasteiger partial charge in [-0.3, -0.25) is 4.79 Å². The van der Waals surface area contributed by atoms with Gasteiger partial charge in [-0.25, -0.2) is 4.98 Å². The van der Waals surface area contributed by atoms with Gasteiger partial charge >= 0.3 is 0 Å². The minimum absolute atomic E-state index is 0.0463. The Morgan fingerprint density at radius 1 is 1.17 bits per heavy atom. The van der Waals surface area contributed by atoms with Gasteiger partial charge in [0.1, 0.15) is 16.4 Å². The lowest BCUT2D eigenvalue weighted by Gasteiger charge is -1.99. The Morgan fingerprint density at radius 2 is 2.04 bits per heavy atom. The number of phenolic OH excluding ortho intramolecular Hbond substituents is 1. The number of benzene rings is 1. The highest BCUT2D eigenvalue weighted by Crippen LogP contribution is 2.32. The number of nitrogens with zero attached hydrogens (tertiary/aromatic N) is 1. The second-order valence-electron chi connectivity index (χ2n) is 6.12. The Balaban J connectivity index is 1.74. The molecule has 1 aliphatic carbocycles. The van der Waals surface area contributed by atoms with Gasteiger partial charge in [-0.2, -0.15) is 0 Å². The van der Waals surface area contributed by atoms with Crippen LogP contribution in [0.1, 0.15) is 41.1 Å². The summed E-state index contributed by atoms with van der Waals surface area (Å²) < 4.78 is 0. The second-order valence-corrected chi connectivity index (χ2v) is 7.21. The molecule has 4 nitrogen and oxygen atoms in total. The number of H-pyrrole nitrogens is 1. The van der Waals surface area contributed by atoms with E-state index in [-0.39, 0.29) is 11.3 Å². The largest absolute Gasteiger partial charge is 0.508 e. The molecule has 2 aromatic heterocycles. The van der Waals surface area contributed by atoms with Crippen molar-refractivity contribution in [3.05, 3.63) is 56.4 Å². The zero-order valence-corrected chi connectivity index (χ0v) is 14.0. The maximum absolute atomic E-state index is 12.5. The van der Waals surface area contributed by atoms with Gasteiger partial charge in [0, 0.05) is 4.88 Å². The topological polar surface area (TPSA) is 66.0 Å². The molecule has 0 saturated heterocycles. The first-order valence-corrected chi connectivity index (χ1v) is 9.04. The normalized spacial score (nSPS) is 14.8. The SMILES string of the molecule is O=c1[nH]c(C=Cc2cccc(O)c2)nc2sc3c(c12)CCCCC3. The average Bonchev–Trinajstić information content (AvgIpc) is 2.75. The predicted molar refractivity (Wildman–Crippen MR) is 98.5 cm³/mol. The summed E-state index contributed by atoms with van der Waals surface area (Å²) in [4.78, 5) is 22.2. The third-order valence-corrected chi connectivity index (χ3v) is 5.58. The Hall–Kier alpha value is -2.40. The summed E-state index contributed by atoms with van der Waals surface area (Å²) in [5, 5.41) is 10.3. The standard InChI is InChI=1S/C19H18N2O2S/c22-13-6-4-5-12(11-13)9-10-16-20-18(23)17-14-7-2-1-3-8-15(14)24-19(17)21-16/h4-6,9-11,22H,1-3,7-8H2,(H,20,21,23). The van der Waals surface area contributed by atoms with Crippen molar-refractivity contribution in [1.82, 2.24) is 9.97 Å². The van der Waals surface area contributed by atoms with Crippen molar-refractivity contribution < 1.29 is 5.11 Å². The number of thiophene rings is 1. The molecule has 0 unspecified atom stereocenters. The van der Waals surface area contributed by atoms with Gasteiger partial charge in [-0.15, -0.1) is 11.3 Å². The van der Waals surface area contributed by atoms with E-state index in [2.05, 4.69) is 9.97 Å². The molecule has 0 spiro atoms. The fourth-order valence-corrected chi connectivity index (χ4v) is 4.51. The number of aromatic hydroxyl groups is 1. The average molecular weight is 338 g/mol. The Kier molecular flexibility index (Phi) is 3.94. The van der Waals surface area contributed by atoms with E-state index in [9.17, 15) is 9.90 Å². The highest BCUT2D eigenvalue weighted by Gasteiger charge is 2.18. The van der Waals surface area contributed by atoms with Gasteiger partial charge in [0.2, 0.25) is 0 Å². The van der Waals surface area contributed by atoms with Crippen molar-refractivity contribution in [1.29, 1.82) is 0 Å². The van der Waals surface area contributed by atoms with E-state index < -0.39 is 0 Å². The van der Waals surface area contributed by atoms with Gasteiger partial charge < -0.3 is 10.1 Å². The van der Waals surface area contributed by atoms with Crippen molar-refractivity contribution in [3.63, 3.8) is 0 Å². The number of aryl methyl sites for hydroxylation is 2. The molecule has 0 saturated carbocycles. The van der Waals surface area contributed by atoms with Crippen molar-refractivity contribution in [3.8, 4) is 5.75 Å². The van der Waals surface area contributed by atoms with Crippen LogP contribution in [-0.2, 0) is 12.8 Å². The molecule has 1 aliphatic rings. The molecule has 3 aromatic rings. The Labute approximate surface area is 143 Å². The number of fused-ring (bicyclic) bond motifs is 3. The van der Waals surface area contributed by atoms with E-state index in [1.807, 2.05) is 12.1 Å². The van der Waals surface area contributed by atoms with Crippen LogP contribution < -0.4 is 5.56 Å². The molecule has 5 heteroatoms. The predicted octanol–water partition coefficient (Wildman–Crippen LogP) is 4.13. The van der Waals surface area contributed by atoms with E-state index in [1.165, 1.54) is 23.3 Å². The molecule has 1 aromatic carbocycles. The van der Waals surface area contributed by atoms with E-state index in [0.29, 0.717) is 5.82 Å². The van der Waals surface area contributed by atoms with Crippen LogP contribution in [0.2, 0.25) is 0 Å². The molecule has 0 amide bonds. The number of rotatable bonds is 2. The highest BCUT2D eigenvalue weighted by molar-refractivity contribution is 7.18. The highest BCUT2D eigenvalue weighted by atomic mass is 32.1. The number of aromatic amines is 1. The van der Waals surface area contributed by atoms with Crippen LogP contribution in [0.5, 0.6) is 5.75 Å². The number of hydrogen-bond acceptors (Lipinski definition) is 4. The van der Waals surface area contributed by atoms with Crippen LogP contribution in [0.3, 0.4) is 0 Å². The lowest BCUT2D eigenvalue weighted by Crippen LogP contribution is -2.10. The molecule has 0 aliphatic heterocycles. The van der Waals surface area contributed by atoms with Crippen LogP contribution in [-0.4, -0.2) is 15.1 Å². The zero-order chi connectivity index (χ0) is 16.5. The minimum Gasteiger partial charge on any atom is -0.508 e. The van der Waals surface area contributed by atoms with Gasteiger partial charge in [-0.1, -0.05) is 24.6 Å². The fraction of sp³-hybridized carbons (Fsp3) is 0.263. The van der Waals surface area contributed by atoms with E-state index >= 15 is 0 Å². The van der Waals surface area contributed by atoms with Crippen molar-refractivity contribution in [2.45, 2.75) is 32.1 Å². The quantitative estimate of drug-likeness (QED) is 0.691. The van der Waals surface area contributed by atoms with Crippen molar-refractivity contribution >= 4 is 33.7 Å². The number of hydrogen-bond donors (Lipinski definition) is 2. The molecular formula is C19H18N2O2S. The molecule has 24 heavy (non-hydrogen) atoms. The summed E-state index contributed by atoms with van der Waals surface area (Å²) in [6, 6.07) is 6.97. The van der Waals surface area contributed by atoms with Crippen LogP contribution in [0.25, 0.3) is 22.4 Å². The number of aromatic nitrogens is 2. The molecule has 2 heterocycles. The van der Waals surface area contributed by atoms with E-state index in [1.54, 1.807) is 35.6 Å². The first-order valence-electron chi connectivity index (χ1n) is 8.22. The molecule has 0 atom stereocenters. The molecule has 0 radical (unpaired) electrons. The summed E-state index contributed by atoms with van der Waals surface area (Å²) in [7, 11) is 0. The van der Waals surface area contributed by atoms with Gasteiger partial charge in [0.15, 0.2) is 0 Å². The van der Waals surface area contributed by atoms with Crippen molar-refractivity contribution in [2.24, 2.45) is 0 Å². The number of nitrogens with one attached hydrogen (secondary N) is 1. The van der Waals surface area contributed by atoms with Gasteiger partial charge in [0.05, 0.1) is 5.39 Å². The third-order valence-electron chi connectivity index (χ3n) is 4.40. The lowest BCUT2D eigenvalue weighted by molar-refractivity contribution is 0.475.